The van der Waals surface area contributed by atoms with E-state index < -0.39 is 11.8 Å². The van der Waals surface area contributed by atoms with Gasteiger partial charge in [-0.1, -0.05) is 11.6 Å². The second kappa shape index (κ2) is 4.62. The van der Waals surface area contributed by atoms with Crippen LogP contribution < -0.4 is 0 Å². The molecule has 0 amide bonds. The van der Waals surface area contributed by atoms with E-state index in [-0.39, 0.29) is 27.7 Å². The van der Waals surface area contributed by atoms with Gasteiger partial charge in [-0.3, -0.25) is 4.79 Å². The minimum absolute atomic E-state index is 0.0271. The minimum Gasteiger partial charge on any atom is -0.478 e. The highest BCUT2D eigenvalue weighted by Crippen LogP contribution is 2.32. The first-order chi connectivity index (χ1) is 8.54. The van der Waals surface area contributed by atoms with E-state index in [4.69, 9.17) is 21.1 Å². The van der Waals surface area contributed by atoms with Gasteiger partial charge in [0, 0.05) is 0 Å². The molecule has 0 saturated heterocycles. The molecule has 0 saturated carbocycles. The predicted molar refractivity (Wildman–Crippen MR) is 61.5 cm³/mol. The molecule has 1 aromatic carbocycles. The summed E-state index contributed by atoms with van der Waals surface area (Å²) in [5.74, 6) is -2.30. The summed E-state index contributed by atoms with van der Waals surface area (Å²) in [7, 11) is 0. The van der Waals surface area contributed by atoms with E-state index in [0.29, 0.717) is 6.29 Å². The third-order valence-electron chi connectivity index (χ3n) is 2.31. The molecule has 0 aliphatic carbocycles. The van der Waals surface area contributed by atoms with Crippen LogP contribution >= 0.6 is 11.6 Å². The Labute approximate surface area is 106 Å². The van der Waals surface area contributed by atoms with Gasteiger partial charge in [0.05, 0.1) is 16.1 Å². The first kappa shape index (κ1) is 12.3. The van der Waals surface area contributed by atoms with Crippen molar-refractivity contribution in [2.45, 2.75) is 0 Å². The first-order valence-corrected chi connectivity index (χ1v) is 5.19. The maximum absolute atomic E-state index is 13.9. The molecule has 0 unspecified atom stereocenters. The third kappa shape index (κ3) is 2.00. The van der Waals surface area contributed by atoms with Crippen LogP contribution in [0.5, 0.6) is 0 Å². The Bertz CT molecular complexity index is 633. The van der Waals surface area contributed by atoms with Gasteiger partial charge in [-0.25, -0.2) is 9.18 Å². The average molecular weight is 269 g/mol. The Kier molecular flexibility index (Phi) is 3.16. The number of carboxylic acid groups (broad SMARTS) is 1. The van der Waals surface area contributed by atoms with Crippen LogP contribution in [0.2, 0.25) is 5.02 Å². The highest BCUT2D eigenvalue weighted by atomic mass is 35.5. The number of hydrogen-bond acceptors (Lipinski definition) is 3. The van der Waals surface area contributed by atoms with E-state index in [1.54, 1.807) is 0 Å². The monoisotopic (exact) mass is 268 g/mol. The van der Waals surface area contributed by atoms with Gasteiger partial charge in [0.1, 0.15) is 5.76 Å². The number of carbonyl (C=O) groups excluding carboxylic acids is 1. The Morgan fingerprint density at radius 3 is 2.61 bits per heavy atom. The van der Waals surface area contributed by atoms with Crippen molar-refractivity contribution in [1.29, 1.82) is 0 Å². The summed E-state index contributed by atoms with van der Waals surface area (Å²) >= 11 is 5.60. The fraction of sp³-hybridized carbons (Fsp3) is 0. The smallest absolute Gasteiger partial charge is 0.336 e. The van der Waals surface area contributed by atoms with E-state index in [0.717, 1.165) is 6.07 Å². The zero-order valence-electron chi connectivity index (χ0n) is 8.81. The molecule has 1 N–H and O–H groups in total. The van der Waals surface area contributed by atoms with Gasteiger partial charge < -0.3 is 9.52 Å². The van der Waals surface area contributed by atoms with Crippen molar-refractivity contribution in [3.8, 4) is 11.3 Å². The maximum Gasteiger partial charge on any atom is 0.336 e. The topological polar surface area (TPSA) is 67.5 Å². The molecule has 0 aliphatic heterocycles. The number of carbonyl (C=O) groups is 2. The average Bonchev–Trinajstić information content (AvgIpc) is 2.80. The molecule has 0 radical (unpaired) electrons. The normalized spacial score (nSPS) is 10.3. The van der Waals surface area contributed by atoms with Crippen LogP contribution in [0.15, 0.2) is 28.7 Å². The van der Waals surface area contributed by atoms with Crippen molar-refractivity contribution in [2.24, 2.45) is 0 Å². The van der Waals surface area contributed by atoms with Crippen LogP contribution in [0, 0.1) is 5.82 Å². The van der Waals surface area contributed by atoms with Crippen molar-refractivity contribution >= 4 is 23.9 Å². The molecular formula is C12H6ClFO4. The lowest BCUT2D eigenvalue weighted by atomic mass is 10.0. The number of aromatic carboxylic acids is 1. The molecule has 0 bridgehead atoms. The minimum atomic E-state index is -1.32. The third-order valence-corrected chi connectivity index (χ3v) is 2.61. The SMILES string of the molecule is O=Cc1ccc(-c2c(C(=O)O)ccc(Cl)c2F)o1. The molecule has 4 nitrogen and oxygen atoms in total. The largest absolute Gasteiger partial charge is 0.478 e. The fourth-order valence-corrected chi connectivity index (χ4v) is 1.68. The molecule has 2 aromatic rings. The summed E-state index contributed by atoms with van der Waals surface area (Å²) in [6.07, 6.45) is 0.437. The number of aldehydes is 1. The lowest BCUT2D eigenvalue weighted by Gasteiger charge is -2.06. The van der Waals surface area contributed by atoms with Gasteiger partial charge >= 0.3 is 5.97 Å². The summed E-state index contributed by atoms with van der Waals surface area (Å²) in [6, 6.07) is 4.94. The van der Waals surface area contributed by atoms with Crippen molar-refractivity contribution in [2.75, 3.05) is 0 Å². The van der Waals surface area contributed by atoms with Crippen molar-refractivity contribution < 1.29 is 23.5 Å². The predicted octanol–water partition coefficient (Wildman–Crippen LogP) is 3.25. The molecule has 0 fully saturated rings. The highest BCUT2D eigenvalue weighted by molar-refractivity contribution is 6.31. The summed E-state index contributed by atoms with van der Waals surface area (Å²) < 4.78 is 18.9. The van der Waals surface area contributed by atoms with Gasteiger partial charge in [0.15, 0.2) is 17.9 Å². The molecule has 18 heavy (non-hydrogen) atoms. The van der Waals surface area contributed by atoms with E-state index >= 15 is 0 Å². The standard InChI is InChI=1S/C12H6ClFO4/c13-8-3-2-7(12(16)17)10(11(8)14)9-4-1-6(5-15)18-9/h1-5H,(H,16,17). The van der Waals surface area contributed by atoms with Crippen LogP contribution in [-0.4, -0.2) is 17.4 Å². The lowest BCUT2D eigenvalue weighted by molar-refractivity contribution is 0.0697. The summed E-state index contributed by atoms with van der Waals surface area (Å²) in [6.45, 7) is 0. The molecule has 0 spiro atoms. The Morgan fingerprint density at radius 1 is 1.33 bits per heavy atom. The number of benzene rings is 1. The van der Waals surface area contributed by atoms with Gasteiger partial charge in [0.25, 0.3) is 0 Å². The van der Waals surface area contributed by atoms with Crippen LogP contribution in [0.3, 0.4) is 0 Å². The van der Waals surface area contributed by atoms with Crippen molar-refractivity contribution in [1.82, 2.24) is 0 Å². The van der Waals surface area contributed by atoms with E-state index in [1.165, 1.54) is 18.2 Å². The zero-order valence-corrected chi connectivity index (χ0v) is 9.57. The number of furan rings is 1. The molecular weight excluding hydrogens is 263 g/mol. The molecule has 6 heteroatoms. The summed E-state index contributed by atoms with van der Waals surface area (Å²) in [5.41, 5.74) is -0.563. The molecule has 1 aromatic heterocycles. The van der Waals surface area contributed by atoms with Gasteiger partial charge in [-0.15, -0.1) is 0 Å². The second-order valence-corrected chi connectivity index (χ2v) is 3.82. The second-order valence-electron chi connectivity index (χ2n) is 3.41. The zero-order chi connectivity index (χ0) is 13.3. The van der Waals surface area contributed by atoms with Crippen LogP contribution in [0.4, 0.5) is 4.39 Å². The van der Waals surface area contributed by atoms with E-state index in [1.807, 2.05) is 0 Å². The Hall–Kier alpha value is -2.14. The number of halogens is 2. The maximum atomic E-state index is 13.9. The summed E-state index contributed by atoms with van der Waals surface area (Å²) in [4.78, 5) is 21.5. The van der Waals surface area contributed by atoms with E-state index in [2.05, 4.69) is 0 Å². The van der Waals surface area contributed by atoms with Crippen LogP contribution in [0.25, 0.3) is 11.3 Å². The Balaban J connectivity index is 2.71. The summed E-state index contributed by atoms with van der Waals surface area (Å²) in [5, 5.41) is 8.76. The van der Waals surface area contributed by atoms with Gasteiger partial charge in [-0.05, 0) is 24.3 Å². The first-order valence-electron chi connectivity index (χ1n) is 4.81. The number of carboxylic acids is 1. The van der Waals surface area contributed by atoms with Gasteiger partial charge in [-0.2, -0.15) is 0 Å². The quantitative estimate of drug-likeness (QED) is 0.868. The van der Waals surface area contributed by atoms with Gasteiger partial charge in [0.2, 0.25) is 0 Å². The molecule has 0 atom stereocenters. The van der Waals surface area contributed by atoms with Crippen molar-refractivity contribution in [3.05, 3.63) is 46.4 Å². The number of rotatable bonds is 3. The highest BCUT2D eigenvalue weighted by Gasteiger charge is 2.21. The molecule has 0 aliphatic rings. The molecule has 92 valence electrons. The van der Waals surface area contributed by atoms with Crippen LogP contribution in [0.1, 0.15) is 20.9 Å². The lowest BCUT2D eigenvalue weighted by Crippen LogP contribution is -2.01. The van der Waals surface area contributed by atoms with Crippen LogP contribution in [-0.2, 0) is 0 Å². The molecule has 2 rings (SSSR count). The Morgan fingerprint density at radius 2 is 2.06 bits per heavy atom. The molecule has 1 heterocycles. The van der Waals surface area contributed by atoms with E-state index in [9.17, 15) is 14.0 Å². The van der Waals surface area contributed by atoms with Crippen molar-refractivity contribution in [3.63, 3.8) is 0 Å². The number of hydrogen-bond donors (Lipinski definition) is 1. The fourth-order valence-electron chi connectivity index (χ4n) is 1.52.